The Morgan fingerprint density at radius 3 is 2.31 bits per heavy atom. The Balaban J connectivity index is 1.43. The van der Waals surface area contributed by atoms with Gasteiger partial charge in [-0.1, -0.05) is 48.5 Å². The van der Waals surface area contributed by atoms with Gasteiger partial charge < -0.3 is 15.2 Å². The highest BCUT2D eigenvalue weighted by atomic mass is 16.5. The molecule has 3 aromatic rings. The van der Waals surface area contributed by atoms with Crippen LogP contribution in [0.2, 0.25) is 0 Å². The highest BCUT2D eigenvalue weighted by molar-refractivity contribution is 5.81. The molecule has 2 aromatic carbocycles. The number of hydrogen-bond donors (Lipinski definition) is 2. The molecular weight excluding hydrogens is 374 g/mol. The average Bonchev–Trinajstić information content (AvgIpc) is 3.27. The van der Waals surface area contributed by atoms with Gasteiger partial charge in [0.25, 0.3) is 0 Å². The first-order chi connectivity index (χ1) is 14.0. The number of carbonyl (C=O) groups is 2. The molecule has 1 aromatic heterocycles. The molecule has 2 N–H and O–H groups in total. The number of alkyl carbamates (subject to hydrolysis) is 1. The van der Waals surface area contributed by atoms with Gasteiger partial charge in [0.2, 0.25) is 0 Å². The third kappa shape index (κ3) is 3.79. The van der Waals surface area contributed by atoms with Gasteiger partial charge in [-0.15, -0.1) is 10.2 Å². The van der Waals surface area contributed by atoms with Gasteiger partial charge in [-0.3, -0.25) is 0 Å². The molecule has 1 heterocycles. The molecule has 29 heavy (non-hydrogen) atoms. The minimum Gasteiger partial charge on any atom is -0.480 e. The minimum absolute atomic E-state index is 0.0899. The molecule has 1 aliphatic rings. The van der Waals surface area contributed by atoms with Crippen LogP contribution in [0.5, 0.6) is 0 Å². The summed E-state index contributed by atoms with van der Waals surface area (Å²) in [7, 11) is 1.57. The van der Waals surface area contributed by atoms with E-state index in [-0.39, 0.29) is 24.8 Å². The lowest BCUT2D eigenvalue weighted by Crippen LogP contribution is -2.43. The number of carboxylic acid groups (broad SMARTS) is 1. The van der Waals surface area contributed by atoms with E-state index in [1.165, 1.54) is 4.80 Å². The molecule has 9 heteroatoms. The van der Waals surface area contributed by atoms with Crippen LogP contribution in [0, 0.1) is 0 Å². The predicted octanol–water partition coefficient (Wildman–Crippen LogP) is 1.74. The summed E-state index contributed by atoms with van der Waals surface area (Å²) in [5.41, 5.74) is 4.41. The van der Waals surface area contributed by atoms with E-state index in [0.717, 1.165) is 22.3 Å². The molecule has 4 rings (SSSR count). The fourth-order valence-electron chi connectivity index (χ4n) is 3.57. The predicted molar refractivity (Wildman–Crippen MR) is 102 cm³/mol. The lowest BCUT2D eigenvalue weighted by molar-refractivity contribution is -0.139. The largest absolute Gasteiger partial charge is 0.480 e. The van der Waals surface area contributed by atoms with Gasteiger partial charge in [-0.25, -0.2) is 9.59 Å². The van der Waals surface area contributed by atoms with E-state index in [1.54, 1.807) is 7.05 Å². The van der Waals surface area contributed by atoms with Crippen LogP contribution < -0.4 is 5.32 Å². The van der Waals surface area contributed by atoms with Crippen LogP contribution >= 0.6 is 0 Å². The summed E-state index contributed by atoms with van der Waals surface area (Å²) < 4.78 is 5.39. The van der Waals surface area contributed by atoms with E-state index >= 15 is 0 Å². The highest BCUT2D eigenvalue weighted by Crippen LogP contribution is 2.44. The Labute approximate surface area is 166 Å². The van der Waals surface area contributed by atoms with Crippen LogP contribution in [0.1, 0.15) is 22.9 Å². The molecule has 0 saturated carbocycles. The summed E-state index contributed by atoms with van der Waals surface area (Å²) in [5.74, 6) is -1.08. The summed E-state index contributed by atoms with van der Waals surface area (Å²) in [6.07, 6.45) is -0.893. The van der Waals surface area contributed by atoms with Crippen LogP contribution in [-0.4, -0.2) is 50.0 Å². The maximum atomic E-state index is 12.3. The summed E-state index contributed by atoms with van der Waals surface area (Å²) in [5, 5.41) is 23.1. The maximum Gasteiger partial charge on any atom is 0.407 e. The van der Waals surface area contributed by atoms with Crippen molar-refractivity contribution >= 4 is 12.1 Å². The minimum atomic E-state index is -1.21. The molecule has 1 aliphatic carbocycles. The van der Waals surface area contributed by atoms with E-state index in [1.807, 2.05) is 48.5 Å². The molecule has 0 spiro atoms. The van der Waals surface area contributed by atoms with Gasteiger partial charge in [-0.2, -0.15) is 4.80 Å². The summed E-state index contributed by atoms with van der Waals surface area (Å²) >= 11 is 0. The molecule has 1 unspecified atom stereocenters. The second-order valence-electron chi connectivity index (χ2n) is 6.76. The van der Waals surface area contributed by atoms with Crippen molar-refractivity contribution in [1.82, 2.24) is 25.5 Å². The number of nitrogens with zero attached hydrogens (tertiary/aromatic N) is 4. The van der Waals surface area contributed by atoms with Gasteiger partial charge >= 0.3 is 12.1 Å². The molecule has 1 atom stereocenters. The fourth-order valence-corrected chi connectivity index (χ4v) is 3.57. The molecule has 0 saturated heterocycles. The van der Waals surface area contributed by atoms with Gasteiger partial charge in [0.1, 0.15) is 12.6 Å². The SMILES string of the molecule is Cn1nnc(CC(NC(=O)OCC2c3ccccc3-c3ccccc32)C(=O)O)n1. The lowest BCUT2D eigenvalue weighted by Gasteiger charge is -2.16. The van der Waals surface area contributed by atoms with E-state index in [2.05, 4.69) is 20.7 Å². The van der Waals surface area contributed by atoms with Crippen molar-refractivity contribution < 1.29 is 19.4 Å². The fraction of sp³-hybridized carbons (Fsp3) is 0.250. The summed E-state index contributed by atoms with van der Waals surface area (Å²) in [6, 6.07) is 14.8. The first-order valence-corrected chi connectivity index (χ1v) is 9.10. The van der Waals surface area contributed by atoms with E-state index in [4.69, 9.17) is 4.74 Å². The number of benzene rings is 2. The van der Waals surface area contributed by atoms with Crippen molar-refractivity contribution in [3.8, 4) is 11.1 Å². The molecule has 0 radical (unpaired) electrons. The maximum absolute atomic E-state index is 12.3. The Kier molecular flexibility index (Phi) is 4.94. The number of aliphatic carboxylic acids is 1. The van der Waals surface area contributed by atoms with Crippen LogP contribution in [0.25, 0.3) is 11.1 Å². The summed E-state index contributed by atoms with van der Waals surface area (Å²) in [4.78, 5) is 25.0. The van der Waals surface area contributed by atoms with Crippen LogP contribution in [0.4, 0.5) is 4.79 Å². The lowest BCUT2D eigenvalue weighted by atomic mass is 9.98. The molecule has 9 nitrogen and oxygen atoms in total. The highest BCUT2D eigenvalue weighted by Gasteiger charge is 2.30. The number of carboxylic acids is 1. The average molecular weight is 393 g/mol. The van der Waals surface area contributed by atoms with Gasteiger partial charge in [0.15, 0.2) is 5.82 Å². The topological polar surface area (TPSA) is 119 Å². The smallest absolute Gasteiger partial charge is 0.407 e. The Bertz CT molecular complexity index is 1020. The number of carbonyl (C=O) groups excluding carboxylic acids is 1. The zero-order valence-electron chi connectivity index (χ0n) is 15.6. The third-order valence-electron chi connectivity index (χ3n) is 4.87. The van der Waals surface area contributed by atoms with Crippen molar-refractivity contribution in [2.45, 2.75) is 18.4 Å². The number of tetrazole rings is 1. The van der Waals surface area contributed by atoms with E-state index in [9.17, 15) is 14.7 Å². The van der Waals surface area contributed by atoms with E-state index in [0.29, 0.717) is 0 Å². The third-order valence-corrected chi connectivity index (χ3v) is 4.87. The second-order valence-corrected chi connectivity index (χ2v) is 6.76. The number of ether oxygens (including phenoxy) is 1. The van der Waals surface area contributed by atoms with Gasteiger partial charge in [-0.05, 0) is 27.5 Å². The zero-order valence-corrected chi connectivity index (χ0v) is 15.6. The standard InChI is InChI=1S/C20H19N5O4/c1-25-23-18(22-24-25)10-17(19(26)27)21-20(28)29-11-16-14-8-4-2-6-12(14)13-7-3-5-9-15(13)16/h2-9,16-17H,10-11H2,1H3,(H,21,28)(H,26,27). The van der Waals surface area contributed by atoms with Gasteiger partial charge in [0.05, 0.1) is 7.05 Å². The van der Waals surface area contributed by atoms with Gasteiger partial charge in [0, 0.05) is 12.3 Å². The number of aryl methyl sites for hydroxylation is 1. The number of aromatic nitrogens is 4. The first-order valence-electron chi connectivity index (χ1n) is 9.10. The molecule has 148 valence electrons. The normalized spacial score (nSPS) is 13.4. The molecule has 1 amide bonds. The van der Waals surface area contributed by atoms with Crippen LogP contribution in [0.15, 0.2) is 48.5 Å². The molecule has 0 bridgehead atoms. The van der Waals surface area contributed by atoms with Crippen molar-refractivity contribution in [2.75, 3.05) is 6.61 Å². The number of rotatable bonds is 6. The number of nitrogens with one attached hydrogen (secondary N) is 1. The van der Waals surface area contributed by atoms with Crippen LogP contribution in [0.3, 0.4) is 0 Å². The number of amides is 1. The van der Waals surface area contributed by atoms with Crippen molar-refractivity contribution in [3.05, 3.63) is 65.5 Å². The second kappa shape index (κ2) is 7.70. The van der Waals surface area contributed by atoms with Crippen molar-refractivity contribution in [1.29, 1.82) is 0 Å². The van der Waals surface area contributed by atoms with Crippen molar-refractivity contribution in [3.63, 3.8) is 0 Å². The zero-order chi connectivity index (χ0) is 20.4. The number of fused-ring (bicyclic) bond motifs is 3. The molecule has 0 aliphatic heterocycles. The molecular formula is C20H19N5O4. The first kappa shape index (κ1) is 18.6. The Morgan fingerprint density at radius 1 is 1.14 bits per heavy atom. The Hall–Kier alpha value is -3.75. The van der Waals surface area contributed by atoms with E-state index < -0.39 is 18.1 Å². The van der Waals surface area contributed by atoms with Crippen LogP contribution in [-0.2, 0) is 23.0 Å². The molecule has 0 fully saturated rings. The monoisotopic (exact) mass is 393 g/mol. The Morgan fingerprint density at radius 2 is 1.76 bits per heavy atom. The quantitative estimate of drug-likeness (QED) is 0.655. The number of hydrogen-bond acceptors (Lipinski definition) is 6. The van der Waals surface area contributed by atoms with Crippen molar-refractivity contribution in [2.24, 2.45) is 7.05 Å². The summed E-state index contributed by atoms with van der Waals surface area (Å²) in [6.45, 7) is 0.107.